The molecule has 0 fully saturated rings. The zero-order chi connectivity index (χ0) is 13.4. The summed E-state index contributed by atoms with van der Waals surface area (Å²) >= 11 is 12.1. The highest BCUT2D eigenvalue weighted by Gasteiger charge is 2.16. The number of aryl methyl sites for hydroxylation is 3. The molecule has 92 valence electrons. The van der Waals surface area contributed by atoms with E-state index in [1.807, 2.05) is 6.92 Å². The van der Waals surface area contributed by atoms with E-state index in [1.165, 1.54) is 4.68 Å². The topological polar surface area (TPSA) is 35.1 Å². The van der Waals surface area contributed by atoms with E-state index in [-0.39, 0.29) is 0 Å². The predicted molar refractivity (Wildman–Crippen MR) is 71.9 cm³/mol. The van der Waals surface area contributed by atoms with Crippen molar-refractivity contribution < 1.29 is 0 Å². The van der Waals surface area contributed by atoms with Crippen LogP contribution in [0.1, 0.15) is 17.0 Å². The Bertz CT molecular complexity index is 668. The van der Waals surface area contributed by atoms with Crippen molar-refractivity contribution in [3.8, 4) is 5.82 Å². The fourth-order valence-corrected chi connectivity index (χ4v) is 2.00. The fraction of sp³-hybridized carbons (Fsp3) is 0.250. The predicted octanol–water partition coefficient (Wildman–Crippen LogP) is 4.05. The molecule has 0 amide bonds. The first-order chi connectivity index (χ1) is 8.45. The molecule has 2 aromatic rings. The summed E-state index contributed by atoms with van der Waals surface area (Å²) in [4.78, 5) is 7.78. The van der Waals surface area contributed by atoms with Gasteiger partial charge in [-0.3, -0.25) is 0 Å². The third kappa shape index (κ3) is 1.96. The maximum absolute atomic E-state index is 7.05. The summed E-state index contributed by atoms with van der Waals surface area (Å²) in [6, 6.07) is 1.77. The van der Waals surface area contributed by atoms with Gasteiger partial charge in [0.05, 0.1) is 12.3 Å². The molecule has 2 aromatic heterocycles. The van der Waals surface area contributed by atoms with Gasteiger partial charge in [0.25, 0.3) is 0 Å². The molecule has 0 unspecified atom stereocenters. The van der Waals surface area contributed by atoms with E-state index in [1.54, 1.807) is 19.9 Å². The SMILES string of the molecule is [C-]#[N+]c1cc(C)c(-n2nc(C)c(Cl)c2Cl)nc1C. The van der Waals surface area contributed by atoms with E-state index in [0.717, 1.165) is 5.56 Å². The largest absolute Gasteiger partial charge is 0.245 e. The summed E-state index contributed by atoms with van der Waals surface area (Å²) in [5, 5.41) is 5.00. The average molecular weight is 281 g/mol. The summed E-state index contributed by atoms with van der Waals surface area (Å²) in [6.07, 6.45) is 0. The normalized spacial score (nSPS) is 10.4. The Labute approximate surface area is 115 Å². The van der Waals surface area contributed by atoms with Crippen LogP contribution in [0.2, 0.25) is 10.2 Å². The lowest BCUT2D eigenvalue weighted by atomic mass is 10.2. The van der Waals surface area contributed by atoms with Gasteiger partial charge in [0.2, 0.25) is 5.69 Å². The van der Waals surface area contributed by atoms with Crippen LogP contribution in [-0.2, 0) is 0 Å². The molecule has 0 aromatic carbocycles. The van der Waals surface area contributed by atoms with Crippen molar-refractivity contribution in [2.75, 3.05) is 0 Å². The number of pyridine rings is 1. The van der Waals surface area contributed by atoms with Crippen molar-refractivity contribution >= 4 is 28.9 Å². The maximum Gasteiger partial charge on any atom is 0.208 e. The lowest BCUT2D eigenvalue weighted by Gasteiger charge is -2.08. The van der Waals surface area contributed by atoms with Gasteiger partial charge in [-0.25, -0.2) is 14.5 Å². The highest BCUT2D eigenvalue weighted by atomic mass is 35.5. The van der Waals surface area contributed by atoms with Crippen LogP contribution in [0.15, 0.2) is 6.07 Å². The summed E-state index contributed by atoms with van der Waals surface area (Å²) in [5.41, 5.74) is 2.65. The molecular weight excluding hydrogens is 271 g/mol. The average Bonchev–Trinajstić information content (AvgIpc) is 2.59. The van der Waals surface area contributed by atoms with Gasteiger partial charge in [-0.15, -0.1) is 0 Å². The van der Waals surface area contributed by atoms with Crippen molar-refractivity contribution in [2.45, 2.75) is 20.8 Å². The quantitative estimate of drug-likeness (QED) is 0.739. The molecule has 18 heavy (non-hydrogen) atoms. The Morgan fingerprint density at radius 1 is 1.22 bits per heavy atom. The van der Waals surface area contributed by atoms with E-state index in [0.29, 0.717) is 33.1 Å². The maximum atomic E-state index is 7.05. The minimum absolute atomic E-state index is 0.333. The van der Waals surface area contributed by atoms with Crippen LogP contribution in [0.25, 0.3) is 10.7 Å². The third-order valence-corrected chi connectivity index (χ3v) is 3.50. The summed E-state index contributed by atoms with van der Waals surface area (Å²) in [6.45, 7) is 12.5. The first-order valence-corrected chi connectivity index (χ1v) is 5.98. The molecule has 0 atom stereocenters. The second-order valence-electron chi connectivity index (χ2n) is 3.95. The van der Waals surface area contributed by atoms with E-state index >= 15 is 0 Å². The minimum Gasteiger partial charge on any atom is -0.245 e. The molecule has 0 aliphatic rings. The number of hydrogen-bond acceptors (Lipinski definition) is 2. The Morgan fingerprint density at radius 3 is 2.39 bits per heavy atom. The third-order valence-electron chi connectivity index (χ3n) is 2.61. The van der Waals surface area contributed by atoms with Gasteiger partial charge in [0.15, 0.2) is 11.0 Å². The zero-order valence-corrected chi connectivity index (χ0v) is 11.6. The number of nitrogens with zero attached hydrogens (tertiary/aromatic N) is 4. The summed E-state index contributed by atoms with van der Waals surface area (Å²) < 4.78 is 1.50. The molecule has 2 rings (SSSR count). The minimum atomic E-state index is 0.333. The number of halogens is 2. The van der Waals surface area contributed by atoms with Gasteiger partial charge in [0.1, 0.15) is 5.02 Å². The number of rotatable bonds is 1. The molecule has 0 saturated heterocycles. The van der Waals surface area contributed by atoms with Crippen LogP contribution < -0.4 is 0 Å². The molecule has 0 radical (unpaired) electrons. The molecule has 0 spiro atoms. The van der Waals surface area contributed by atoms with Gasteiger partial charge in [-0.2, -0.15) is 5.10 Å². The molecule has 2 heterocycles. The Hall–Kier alpha value is -1.57. The molecule has 0 N–H and O–H groups in total. The standard InChI is InChI=1S/C12H10Cl2N4/c1-6-5-9(15-4)7(2)16-12(6)18-11(14)10(13)8(3)17-18/h5H,1-3H3. The summed E-state index contributed by atoms with van der Waals surface area (Å²) in [5.74, 6) is 0.597. The number of hydrogen-bond donors (Lipinski definition) is 0. The van der Waals surface area contributed by atoms with Crippen molar-refractivity contribution in [3.05, 3.63) is 44.6 Å². The smallest absolute Gasteiger partial charge is 0.208 e. The summed E-state index contributed by atoms with van der Waals surface area (Å²) in [7, 11) is 0. The lowest BCUT2D eigenvalue weighted by Crippen LogP contribution is -2.04. The van der Waals surface area contributed by atoms with E-state index in [2.05, 4.69) is 14.9 Å². The molecule has 0 bridgehead atoms. The molecule has 6 heteroatoms. The zero-order valence-electron chi connectivity index (χ0n) is 10.1. The first-order valence-electron chi connectivity index (χ1n) is 5.22. The molecular formula is C12H10Cl2N4. The van der Waals surface area contributed by atoms with E-state index in [9.17, 15) is 0 Å². The van der Waals surface area contributed by atoms with Crippen molar-refractivity contribution in [2.24, 2.45) is 0 Å². The van der Waals surface area contributed by atoms with Crippen LogP contribution in [0.5, 0.6) is 0 Å². The van der Waals surface area contributed by atoms with Gasteiger partial charge in [-0.05, 0) is 32.4 Å². The van der Waals surface area contributed by atoms with Gasteiger partial charge < -0.3 is 0 Å². The van der Waals surface area contributed by atoms with Crippen molar-refractivity contribution in [1.29, 1.82) is 0 Å². The van der Waals surface area contributed by atoms with Crippen LogP contribution >= 0.6 is 23.2 Å². The van der Waals surface area contributed by atoms with Crippen LogP contribution in [-0.4, -0.2) is 14.8 Å². The van der Waals surface area contributed by atoms with Gasteiger partial charge >= 0.3 is 0 Å². The van der Waals surface area contributed by atoms with Crippen LogP contribution in [0, 0.1) is 27.3 Å². The Balaban J connectivity index is 2.69. The molecule has 0 aliphatic carbocycles. The molecule has 4 nitrogen and oxygen atoms in total. The van der Waals surface area contributed by atoms with Crippen molar-refractivity contribution in [3.63, 3.8) is 0 Å². The number of aromatic nitrogens is 3. The fourth-order valence-electron chi connectivity index (χ4n) is 1.63. The monoisotopic (exact) mass is 280 g/mol. The Morgan fingerprint density at radius 2 is 1.89 bits per heavy atom. The second kappa shape index (κ2) is 4.60. The van der Waals surface area contributed by atoms with Crippen molar-refractivity contribution in [1.82, 2.24) is 14.8 Å². The Kier molecular flexibility index (Phi) is 3.29. The van der Waals surface area contributed by atoms with Crippen LogP contribution in [0.4, 0.5) is 5.69 Å². The molecule has 0 aliphatic heterocycles. The second-order valence-corrected chi connectivity index (χ2v) is 4.68. The van der Waals surface area contributed by atoms with Gasteiger partial charge in [-0.1, -0.05) is 23.2 Å². The highest BCUT2D eigenvalue weighted by Crippen LogP contribution is 2.29. The van der Waals surface area contributed by atoms with Gasteiger partial charge in [0, 0.05) is 5.69 Å². The highest BCUT2D eigenvalue weighted by molar-refractivity contribution is 6.41. The first kappa shape index (κ1) is 12.9. The molecule has 0 saturated carbocycles. The van der Waals surface area contributed by atoms with E-state index in [4.69, 9.17) is 29.8 Å². The lowest BCUT2D eigenvalue weighted by molar-refractivity contribution is 0.820. The van der Waals surface area contributed by atoms with Crippen LogP contribution in [0.3, 0.4) is 0 Å². The van der Waals surface area contributed by atoms with E-state index < -0.39 is 0 Å².